The van der Waals surface area contributed by atoms with E-state index >= 15 is 0 Å². The molecule has 2 amide bonds. The van der Waals surface area contributed by atoms with Crippen molar-refractivity contribution in [1.82, 2.24) is 24.8 Å². The van der Waals surface area contributed by atoms with Crippen LogP contribution in [-0.4, -0.2) is 38.6 Å². The zero-order valence-corrected chi connectivity index (χ0v) is 14.9. The number of hydrogen-bond acceptors (Lipinski definition) is 4. The van der Waals surface area contributed by atoms with E-state index in [1.807, 2.05) is 35.4 Å². The maximum atomic E-state index is 12.4. The van der Waals surface area contributed by atoms with E-state index in [2.05, 4.69) is 21.8 Å². The van der Waals surface area contributed by atoms with Crippen LogP contribution in [0.15, 0.2) is 41.1 Å². The summed E-state index contributed by atoms with van der Waals surface area (Å²) in [5.41, 5.74) is 1.86. The van der Waals surface area contributed by atoms with Crippen LogP contribution in [0.25, 0.3) is 11.2 Å². The molecule has 1 fully saturated rings. The molecular weight excluding hydrogens is 330 g/mol. The van der Waals surface area contributed by atoms with Gasteiger partial charge in [-0.25, -0.2) is 14.8 Å². The van der Waals surface area contributed by atoms with Gasteiger partial charge in [-0.2, -0.15) is 0 Å². The van der Waals surface area contributed by atoms with Gasteiger partial charge in [-0.3, -0.25) is 0 Å². The molecule has 0 saturated carbocycles. The standard InChI is InChI=1S/C19H23N5O2/c1-2-9-24-17(22-16-6-3-8-20-18(16)24)14-7-10-23(13-14)19(25)21-12-15-5-4-11-26-15/h3-6,8,11,14H,2,7,9-10,12-13H2,1H3,(H,21,25). The third-order valence-electron chi connectivity index (χ3n) is 4.82. The number of aromatic nitrogens is 3. The summed E-state index contributed by atoms with van der Waals surface area (Å²) in [6, 6.07) is 7.53. The molecule has 1 aliphatic rings. The van der Waals surface area contributed by atoms with E-state index < -0.39 is 0 Å². The van der Waals surface area contributed by atoms with Gasteiger partial charge in [-0.1, -0.05) is 6.92 Å². The van der Waals surface area contributed by atoms with Crippen LogP contribution in [0.2, 0.25) is 0 Å². The van der Waals surface area contributed by atoms with E-state index in [9.17, 15) is 4.79 Å². The van der Waals surface area contributed by atoms with Crippen molar-refractivity contribution in [1.29, 1.82) is 0 Å². The van der Waals surface area contributed by atoms with Crippen molar-refractivity contribution in [2.45, 2.75) is 38.8 Å². The minimum atomic E-state index is -0.0554. The Hall–Kier alpha value is -2.83. The number of urea groups is 1. The molecule has 3 aromatic heterocycles. The molecule has 1 aliphatic heterocycles. The molecule has 26 heavy (non-hydrogen) atoms. The Kier molecular flexibility index (Phi) is 4.60. The Balaban J connectivity index is 1.47. The first-order valence-electron chi connectivity index (χ1n) is 9.12. The molecule has 136 valence electrons. The number of fused-ring (bicyclic) bond motifs is 1. The molecule has 1 N–H and O–H groups in total. The third kappa shape index (κ3) is 3.16. The van der Waals surface area contributed by atoms with Gasteiger partial charge in [-0.05, 0) is 37.1 Å². The highest BCUT2D eigenvalue weighted by atomic mass is 16.3. The molecular formula is C19H23N5O2. The van der Waals surface area contributed by atoms with Crippen molar-refractivity contribution in [3.8, 4) is 0 Å². The van der Waals surface area contributed by atoms with E-state index in [4.69, 9.17) is 9.40 Å². The van der Waals surface area contributed by atoms with Crippen LogP contribution < -0.4 is 5.32 Å². The topological polar surface area (TPSA) is 76.2 Å². The second kappa shape index (κ2) is 7.19. The van der Waals surface area contributed by atoms with Gasteiger partial charge < -0.3 is 19.2 Å². The molecule has 7 heteroatoms. The molecule has 4 heterocycles. The number of carbonyl (C=O) groups excluding carboxylic acids is 1. The lowest BCUT2D eigenvalue weighted by Crippen LogP contribution is -2.38. The summed E-state index contributed by atoms with van der Waals surface area (Å²) < 4.78 is 7.47. The first-order chi connectivity index (χ1) is 12.8. The molecule has 0 aliphatic carbocycles. The molecule has 1 atom stereocenters. The van der Waals surface area contributed by atoms with Crippen LogP contribution in [0.1, 0.15) is 37.3 Å². The number of likely N-dealkylation sites (tertiary alicyclic amines) is 1. The SMILES string of the molecule is CCCn1c(C2CCN(C(=O)NCc3ccco3)C2)nc2cccnc21. The van der Waals surface area contributed by atoms with Gasteiger partial charge in [0.1, 0.15) is 17.1 Å². The monoisotopic (exact) mass is 353 g/mol. The van der Waals surface area contributed by atoms with E-state index in [0.29, 0.717) is 13.1 Å². The molecule has 0 spiro atoms. The summed E-state index contributed by atoms with van der Waals surface area (Å²) in [7, 11) is 0. The number of amides is 2. The van der Waals surface area contributed by atoms with Gasteiger partial charge in [0, 0.05) is 31.7 Å². The Morgan fingerprint density at radius 1 is 1.38 bits per heavy atom. The van der Waals surface area contributed by atoms with Crippen molar-refractivity contribution >= 4 is 17.2 Å². The van der Waals surface area contributed by atoms with Gasteiger partial charge in [0.05, 0.1) is 12.8 Å². The smallest absolute Gasteiger partial charge is 0.317 e. The highest BCUT2D eigenvalue weighted by molar-refractivity contribution is 5.75. The van der Waals surface area contributed by atoms with Crippen LogP contribution in [0.3, 0.4) is 0 Å². The van der Waals surface area contributed by atoms with Gasteiger partial charge in [0.25, 0.3) is 0 Å². The lowest BCUT2D eigenvalue weighted by Gasteiger charge is -2.17. The van der Waals surface area contributed by atoms with Crippen LogP contribution in [0.4, 0.5) is 4.79 Å². The predicted octanol–water partition coefficient (Wildman–Crippen LogP) is 3.13. The fourth-order valence-corrected chi connectivity index (χ4v) is 3.57. The van der Waals surface area contributed by atoms with Gasteiger partial charge in [0.15, 0.2) is 5.65 Å². The number of furan rings is 1. The Morgan fingerprint density at radius 3 is 3.12 bits per heavy atom. The van der Waals surface area contributed by atoms with Gasteiger partial charge >= 0.3 is 6.03 Å². The Morgan fingerprint density at radius 2 is 2.31 bits per heavy atom. The summed E-state index contributed by atoms with van der Waals surface area (Å²) in [6.45, 7) is 4.87. The minimum Gasteiger partial charge on any atom is -0.467 e. The number of carbonyl (C=O) groups is 1. The molecule has 3 aromatic rings. The maximum absolute atomic E-state index is 12.4. The number of nitrogens with one attached hydrogen (secondary N) is 1. The molecule has 1 unspecified atom stereocenters. The number of nitrogens with zero attached hydrogens (tertiary/aromatic N) is 4. The average Bonchev–Trinajstić information content (AvgIpc) is 3.40. The second-order valence-corrected chi connectivity index (χ2v) is 6.64. The van der Waals surface area contributed by atoms with E-state index in [1.165, 1.54) is 0 Å². The minimum absolute atomic E-state index is 0.0554. The molecule has 7 nitrogen and oxygen atoms in total. The van der Waals surface area contributed by atoms with Gasteiger partial charge in [0.2, 0.25) is 0 Å². The van der Waals surface area contributed by atoms with Crippen molar-refractivity contribution < 1.29 is 9.21 Å². The summed E-state index contributed by atoms with van der Waals surface area (Å²) in [4.78, 5) is 23.6. The number of pyridine rings is 1. The molecule has 0 aromatic carbocycles. The zero-order valence-electron chi connectivity index (χ0n) is 14.9. The number of aryl methyl sites for hydroxylation is 1. The fraction of sp³-hybridized carbons (Fsp3) is 0.421. The van der Waals surface area contributed by atoms with E-state index in [1.54, 1.807) is 6.26 Å². The zero-order chi connectivity index (χ0) is 17.9. The van der Waals surface area contributed by atoms with E-state index in [-0.39, 0.29) is 11.9 Å². The summed E-state index contributed by atoms with van der Waals surface area (Å²) in [5.74, 6) is 2.04. The lowest BCUT2D eigenvalue weighted by atomic mass is 10.1. The van der Waals surface area contributed by atoms with Crippen LogP contribution in [0, 0.1) is 0 Å². The average molecular weight is 353 g/mol. The maximum Gasteiger partial charge on any atom is 0.317 e. The summed E-state index contributed by atoms with van der Waals surface area (Å²) in [5, 5.41) is 2.92. The molecule has 1 saturated heterocycles. The third-order valence-corrected chi connectivity index (χ3v) is 4.82. The predicted molar refractivity (Wildman–Crippen MR) is 97.7 cm³/mol. The Labute approximate surface area is 152 Å². The molecule has 0 bridgehead atoms. The first kappa shape index (κ1) is 16.6. The highest BCUT2D eigenvalue weighted by Gasteiger charge is 2.31. The summed E-state index contributed by atoms with van der Waals surface area (Å²) in [6.07, 6.45) is 5.36. The van der Waals surface area contributed by atoms with Crippen LogP contribution in [0.5, 0.6) is 0 Å². The van der Waals surface area contributed by atoms with Crippen LogP contribution >= 0.6 is 0 Å². The molecule has 0 radical (unpaired) electrons. The highest BCUT2D eigenvalue weighted by Crippen LogP contribution is 2.29. The first-order valence-corrected chi connectivity index (χ1v) is 9.12. The number of imidazole rings is 1. The quantitative estimate of drug-likeness (QED) is 0.764. The molecule has 4 rings (SSSR count). The Bertz CT molecular complexity index is 887. The van der Waals surface area contributed by atoms with Crippen molar-refractivity contribution in [2.75, 3.05) is 13.1 Å². The van der Waals surface area contributed by atoms with E-state index in [0.717, 1.165) is 48.7 Å². The largest absolute Gasteiger partial charge is 0.467 e. The normalized spacial score (nSPS) is 17.1. The lowest BCUT2D eigenvalue weighted by molar-refractivity contribution is 0.206. The van der Waals surface area contributed by atoms with Crippen LogP contribution in [-0.2, 0) is 13.1 Å². The van der Waals surface area contributed by atoms with Crippen molar-refractivity contribution in [3.05, 3.63) is 48.3 Å². The number of hydrogen-bond donors (Lipinski definition) is 1. The fourth-order valence-electron chi connectivity index (χ4n) is 3.57. The van der Waals surface area contributed by atoms with Gasteiger partial charge in [-0.15, -0.1) is 0 Å². The second-order valence-electron chi connectivity index (χ2n) is 6.64. The van der Waals surface area contributed by atoms with Crippen molar-refractivity contribution in [3.63, 3.8) is 0 Å². The van der Waals surface area contributed by atoms with Crippen molar-refractivity contribution in [2.24, 2.45) is 0 Å². The number of rotatable bonds is 5. The summed E-state index contributed by atoms with van der Waals surface area (Å²) >= 11 is 0.